The van der Waals surface area contributed by atoms with Crippen LogP contribution in [0.25, 0.3) is 0 Å². The fraction of sp³-hybridized carbons (Fsp3) is 0.684. The minimum absolute atomic E-state index is 0.635. The summed E-state index contributed by atoms with van der Waals surface area (Å²) in [7, 11) is 0. The Morgan fingerprint density at radius 3 is 2.48 bits per heavy atom. The van der Waals surface area contributed by atoms with Crippen molar-refractivity contribution in [3.05, 3.63) is 34.4 Å². The van der Waals surface area contributed by atoms with E-state index in [1.54, 1.807) is 5.56 Å². The molecule has 1 saturated heterocycles. The molecule has 0 spiro atoms. The maximum absolute atomic E-state index is 3.84. The average molecular weight is 306 g/mol. The minimum Gasteiger partial charge on any atom is -0.313 e. The molecule has 2 rings (SSSR count). The highest BCUT2D eigenvalue weighted by Crippen LogP contribution is 2.30. The molecule has 0 radical (unpaired) electrons. The Labute approximate surface area is 135 Å². The van der Waals surface area contributed by atoms with Crippen molar-refractivity contribution in [3.63, 3.8) is 0 Å². The summed E-state index contributed by atoms with van der Waals surface area (Å²) in [5.74, 6) is 1.35. The van der Waals surface area contributed by atoms with Crippen LogP contribution in [0.5, 0.6) is 0 Å². The molecule has 2 unspecified atom stereocenters. The van der Waals surface area contributed by atoms with Gasteiger partial charge < -0.3 is 5.32 Å². The van der Waals surface area contributed by atoms with Crippen LogP contribution in [0.3, 0.4) is 0 Å². The number of rotatable bonds is 6. The summed E-state index contributed by atoms with van der Waals surface area (Å²) in [4.78, 5) is 0. The second-order valence-electron chi connectivity index (χ2n) is 6.55. The Balaban J connectivity index is 2.13. The van der Waals surface area contributed by atoms with Crippen molar-refractivity contribution in [1.82, 2.24) is 5.32 Å². The number of thioether (sulfide) groups is 1. The summed E-state index contributed by atoms with van der Waals surface area (Å²) in [6.07, 6.45) is 6.61. The zero-order valence-corrected chi connectivity index (χ0v) is 15.0. The fourth-order valence-corrected chi connectivity index (χ4v) is 4.93. The number of hydrogen-bond acceptors (Lipinski definition) is 2. The van der Waals surface area contributed by atoms with Crippen molar-refractivity contribution in [2.75, 3.05) is 12.3 Å². The van der Waals surface area contributed by atoms with Gasteiger partial charge in [0.15, 0.2) is 0 Å². The maximum atomic E-state index is 3.84. The molecular formula is C19H31NS. The van der Waals surface area contributed by atoms with Crippen LogP contribution in [0, 0.1) is 20.8 Å². The lowest BCUT2D eigenvalue weighted by atomic mass is 9.92. The fourth-order valence-electron chi connectivity index (χ4n) is 3.50. The molecule has 0 aliphatic carbocycles. The molecule has 1 aliphatic rings. The lowest BCUT2D eigenvalue weighted by Crippen LogP contribution is -2.41. The van der Waals surface area contributed by atoms with Crippen molar-refractivity contribution >= 4 is 11.8 Å². The third kappa shape index (κ3) is 4.75. The van der Waals surface area contributed by atoms with Gasteiger partial charge in [-0.05, 0) is 75.4 Å². The van der Waals surface area contributed by atoms with Gasteiger partial charge in [-0.3, -0.25) is 0 Å². The van der Waals surface area contributed by atoms with Crippen LogP contribution in [0.15, 0.2) is 12.1 Å². The molecule has 118 valence electrons. The van der Waals surface area contributed by atoms with E-state index in [0.29, 0.717) is 6.04 Å². The van der Waals surface area contributed by atoms with Crippen molar-refractivity contribution in [1.29, 1.82) is 0 Å². The van der Waals surface area contributed by atoms with E-state index in [0.717, 1.165) is 11.8 Å². The molecule has 1 aromatic rings. The Morgan fingerprint density at radius 1 is 1.19 bits per heavy atom. The molecule has 2 heteroatoms. The van der Waals surface area contributed by atoms with Crippen molar-refractivity contribution < 1.29 is 0 Å². The SMILES string of the molecule is CCCNC(Cc1c(C)cc(C)cc1C)C1CCCCS1. The predicted octanol–water partition coefficient (Wildman–Crippen LogP) is 4.81. The quantitative estimate of drug-likeness (QED) is 0.809. The number of nitrogens with one attached hydrogen (secondary N) is 1. The van der Waals surface area contributed by atoms with Gasteiger partial charge in [-0.2, -0.15) is 11.8 Å². The topological polar surface area (TPSA) is 12.0 Å². The molecule has 21 heavy (non-hydrogen) atoms. The van der Waals surface area contributed by atoms with Crippen LogP contribution in [0.2, 0.25) is 0 Å². The van der Waals surface area contributed by atoms with Crippen molar-refractivity contribution in [3.8, 4) is 0 Å². The molecule has 1 aromatic carbocycles. The van der Waals surface area contributed by atoms with E-state index in [1.165, 1.54) is 54.5 Å². The molecule has 0 amide bonds. The largest absolute Gasteiger partial charge is 0.313 e. The zero-order valence-electron chi connectivity index (χ0n) is 14.2. The van der Waals surface area contributed by atoms with Crippen LogP contribution >= 0.6 is 11.8 Å². The van der Waals surface area contributed by atoms with Crippen LogP contribution in [-0.2, 0) is 6.42 Å². The van der Waals surface area contributed by atoms with Gasteiger partial charge in [0.05, 0.1) is 0 Å². The first-order valence-corrected chi connectivity index (χ1v) is 9.58. The van der Waals surface area contributed by atoms with E-state index >= 15 is 0 Å². The van der Waals surface area contributed by atoms with Gasteiger partial charge >= 0.3 is 0 Å². The second kappa shape index (κ2) is 8.24. The Hall–Kier alpha value is -0.470. The summed E-state index contributed by atoms with van der Waals surface area (Å²) in [5.41, 5.74) is 5.90. The van der Waals surface area contributed by atoms with Gasteiger partial charge in [-0.15, -0.1) is 0 Å². The molecule has 1 aliphatic heterocycles. The molecule has 0 bridgehead atoms. The van der Waals surface area contributed by atoms with E-state index in [-0.39, 0.29) is 0 Å². The highest BCUT2D eigenvalue weighted by molar-refractivity contribution is 8.00. The molecule has 1 fully saturated rings. The van der Waals surface area contributed by atoms with Gasteiger partial charge in [0, 0.05) is 11.3 Å². The van der Waals surface area contributed by atoms with Gasteiger partial charge in [0.2, 0.25) is 0 Å². The first-order valence-electron chi connectivity index (χ1n) is 8.53. The normalized spacial score (nSPS) is 20.5. The molecule has 1 heterocycles. The lowest BCUT2D eigenvalue weighted by Gasteiger charge is -2.31. The van der Waals surface area contributed by atoms with E-state index in [9.17, 15) is 0 Å². The zero-order chi connectivity index (χ0) is 15.2. The highest BCUT2D eigenvalue weighted by atomic mass is 32.2. The molecule has 0 aromatic heterocycles. The van der Waals surface area contributed by atoms with E-state index in [4.69, 9.17) is 0 Å². The number of benzene rings is 1. The van der Waals surface area contributed by atoms with Gasteiger partial charge in [-0.25, -0.2) is 0 Å². The lowest BCUT2D eigenvalue weighted by molar-refractivity contribution is 0.460. The summed E-state index contributed by atoms with van der Waals surface area (Å²) in [5, 5.41) is 4.63. The Morgan fingerprint density at radius 2 is 1.90 bits per heavy atom. The van der Waals surface area contributed by atoms with Crippen molar-refractivity contribution in [2.24, 2.45) is 0 Å². The average Bonchev–Trinajstić information content (AvgIpc) is 2.46. The molecule has 0 saturated carbocycles. The monoisotopic (exact) mass is 305 g/mol. The highest BCUT2D eigenvalue weighted by Gasteiger charge is 2.24. The molecule has 2 atom stereocenters. The van der Waals surface area contributed by atoms with E-state index in [2.05, 4.69) is 56.9 Å². The Kier molecular flexibility index (Phi) is 6.63. The number of hydrogen-bond donors (Lipinski definition) is 1. The molecule has 1 nitrogen and oxygen atoms in total. The number of aryl methyl sites for hydroxylation is 3. The van der Waals surface area contributed by atoms with Crippen LogP contribution in [0.4, 0.5) is 0 Å². The maximum Gasteiger partial charge on any atom is 0.0227 e. The summed E-state index contributed by atoms with van der Waals surface area (Å²) in [6, 6.07) is 5.32. The van der Waals surface area contributed by atoms with Gasteiger partial charge in [-0.1, -0.05) is 31.0 Å². The standard InChI is InChI=1S/C19H31NS/c1-5-9-20-18(19-8-6-7-10-21-19)13-17-15(3)11-14(2)12-16(17)4/h11-12,18-20H,5-10,13H2,1-4H3. The Bertz CT molecular complexity index is 426. The van der Waals surface area contributed by atoms with Gasteiger partial charge in [0.25, 0.3) is 0 Å². The van der Waals surface area contributed by atoms with E-state index in [1.807, 2.05) is 0 Å². The smallest absolute Gasteiger partial charge is 0.0227 e. The third-order valence-electron chi connectivity index (χ3n) is 4.58. The summed E-state index contributed by atoms with van der Waals surface area (Å²) < 4.78 is 0. The first kappa shape index (κ1) is 16.9. The summed E-state index contributed by atoms with van der Waals surface area (Å²) >= 11 is 2.19. The predicted molar refractivity (Wildman–Crippen MR) is 96.5 cm³/mol. The van der Waals surface area contributed by atoms with Crippen LogP contribution in [0.1, 0.15) is 54.9 Å². The van der Waals surface area contributed by atoms with Crippen molar-refractivity contribution in [2.45, 2.75) is 71.1 Å². The molecule has 1 N–H and O–H groups in total. The van der Waals surface area contributed by atoms with Gasteiger partial charge in [0.1, 0.15) is 0 Å². The second-order valence-corrected chi connectivity index (χ2v) is 7.89. The van der Waals surface area contributed by atoms with E-state index < -0.39 is 0 Å². The van der Waals surface area contributed by atoms with Crippen LogP contribution < -0.4 is 5.32 Å². The van der Waals surface area contributed by atoms with Crippen LogP contribution in [-0.4, -0.2) is 23.6 Å². The molecular weight excluding hydrogens is 274 g/mol. The summed E-state index contributed by atoms with van der Waals surface area (Å²) in [6.45, 7) is 10.2. The first-order chi connectivity index (χ1) is 10.1. The third-order valence-corrected chi connectivity index (χ3v) is 6.10. The minimum atomic E-state index is 0.635.